The third kappa shape index (κ3) is 2.19. The van der Waals surface area contributed by atoms with Gasteiger partial charge in [0.25, 0.3) is 0 Å². The van der Waals surface area contributed by atoms with Crippen LogP contribution in [0.1, 0.15) is 30.9 Å². The summed E-state index contributed by atoms with van der Waals surface area (Å²) in [6, 6.07) is 11.6. The number of para-hydroxylation sites is 1. The van der Waals surface area contributed by atoms with E-state index in [9.17, 15) is 5.11 Å². The molecular formula is C19H20O5. The van der Waals surface area contributed by atoms with Crippen molar-refractivity contribution >= 4 is 0 Å². The highest BCUT2D eigenvalue weighted by molar-refractivity contribution is 5.57. The number of hydrogen-bond acceptors (Lipinski definition) is 5. The minimum atomic E-state index is -1.30. The van der Waals surface area contributed by atoms with E-state index in [1.165, 1.54) is 0 Å². The summed E-state index contributed by atoms with van der Waals surface area (Å²) in [6.07, 6.45) is 0. The molecule has 5 nitrogen and oxygen atoms in total. The first-order valence-electron chi connectivity index (χ1n) is 7.99. The first-order chi connectivity index (χ1) is 11.5. The Morgan fingerprint density at radius 1 is 1.08 bits per heavy atom. The fourth-order valence-electron chi connectivity index (χ4n) is 3.52. The van der Waals surface area contributed by atoms with Gasteiger partial charge < -0.3 is 24.1 Å². The van der Waals surface area contributed by atoms with E-state index in [0.717, 1.165) is 16.9 Å². The molecule has 0 radical (unpaired) electrons. The second-order valence-electron chi connectivity index (χ2n) is 6.41. The molecule has 0 saturated carbocycles. The van der Waals surface area contributed by atoms with E-state index in [1.54, 1.807) is 20.1 Å². The molecule has 0 saturated heterocycles. The van der Waals surface area contributed by atoms with Crippen molar-refractivity contribution < 1.29 is 24.1 Å². The molecule has 1 N–H and O–H groups in total. The van der Waals surface area contributed by atoms with Crippen molar-refractivity contribution in [3.05, 3.63) is 47.5 Å². The maximum atomic E-state index is 10.8. The largest absolute Gasteiger partial charge is 0.496 e. The Kier molecular flexibility index (Phi) is 3.35. The molecule has 2 aromatic carbocycles. The van der Waals surface area contributed by atoms with Crippen LogP contribution in [0.5, 0.6) is 23.0 Å². The van der Waals surface area contributed by atoms with Crippen LogP contribution in [0.3, 0.4) is 0 Å². The number of rotatable bonds is 2. The third-order valence-corrected chi connectivity index (χ3v) is 4.98. The molecule has 2 aliphatic heterocycles. The second-order valence-corrected chi connectivity index (χ2v) is 6.41. The summed E-state index contributed by atoms with van der Waals surface area (Å²) in [4.78, 5) is 0. The summed E-state index contributed by atoms with van der Waals surface area (Å²) < 4.78 is 22.4. The fraction of sp³-hybridized carbons (Fsp3) is 0.368. The quantitative estimate of drug-likeness (QED) is 0.917. The van der Waals surface area contributed by atoms with Gasteiger partial charge in [0.2, 0.25) is 12.6 Å². The molecule has 0 aliphatic carbocycles. The van der Waals surface area contributed by atoms with Crippen LogP contribution in [0.25, 0.3) is 0 Å². The van der Waals surface area contributed by atoms with Gasteiger partial charge >= 0.3 is 0 Å². The molecule has 5 heteroatoms. The molecule has 2 heterocycles. The predicted octanol–water partition coefficient (Wildman–Crippen LogP) is 3.29. The average molecular weight is 328 g/mol. The van der Waals surface area contributed by atoms with E-state index in [2.05, 4.69) is 0 Å². The maximum absolute atomic E-state index is 10.8. The topological polar surface area (TPSA) is 57.2 Å². The summed E-state index contributed by atoms with van der Waals surface area (Å²) in [5.41, 5.74) is 1.97. The Morgan fingerprint density at radius 3 is 2.54 bits per heavy atom. The van der Waals surface area contributed by atoms with Crippen molar-refractivity contribution in [2.45, 2.75) is 25.6 Å². The van der Waals surface area contributed by atoms with E-state index in [-0.39, 0.29) is 18.6 Å². The Labute approximate surface area is 140 Å². The molecular weight excluding hydrogens is 308 g/mol. The van der Waals surface area contributed by atoms with E-state index in [4.69, 9.17) is 18.9 Å². The lowest BCUT2D eigenvalue weighted by molar-refractivity contribution is -0.171. The van der Waals surface area contributed by atoms with Gasteiger partial charge in [0.05, 0.1) is 7.11 Å². The highest BCUT2D eigenvalue weighted by Crippen LogP contribution is 2.52. The Morgan fingerprint density at radius 2 is 1.79 bits per heavy atom. The normalized spacial score (nSPS) is 27.3. The van der Waals surface area contributed by atoms with Crippen molar-refractivity contribution in [2.75, 3.05) is 13.9 Å². The summed E-state index contributed by atoms with van der Waals surface area (Å²) in [5.74, 6) is 1.17. The molecule has 0 unspecified atom stereocenters. The predicted molar refractivity (Wildman–Crippen MR) is 87.8 cm³/mol. The zero-order valence-corrected chi connectivity index (χ0v) is 13.9. The second kappa shape index (κ2) is 5.31. The van der Waals surface area contributed by atoms with Gasteiger partial charge in [0.15, 0.2) is 11.5 Å². The first-order valence-corrected chi connectivity index (χ1v) is 7.99. The minimum absolute atomic E-state index is 0.0885. The van der Waals surface area contributed by atoms with Crippen LogP contribution in [0, 0.1) is 5.92 Å². The zero-order valence-electron chi connectivity index (χ0n) is 13.9. The Hall–Kier alpha value is -2.40. The van der Waals surface area contributed by atoms with Crippen LogP contribution >= 0.6 is 0 Å². The van der Waals surface area contributed by atoms with Crippen LogP contribution in [-0.4, -0.2) is 24.8 Å². The molecule has 4 rings (SSSR count). The molecule has 0 amide bonds. The van der Waals surface area contributed by atoms with E-state index >= 15 is 0 Å². The summed E-state index contributed by atoms with van der Waals surface area (Å²) in [6.45, 7) is 3.86. The average Bonchev–Trinajstić information content (AvgIpc) is 3.01. The van der Waals surface area contributed by atoms with Crippen LogP contribution in [0.2, 0.25) is 0 Å². The molecule has 0 bridgehead atoms. The number of benzene rings is 2. The van der Waals surface area contributed by atoms with Gasteiger partial charge in [-0.1, -0.05) is 25.1 Å². The smallest absolute Gasteiger partial charge is 0.231 e. The minimum Gasteiger partial charge on any atom is -0.496 e. The maximum Gasteiger partial charge on any atom is 0.231 e. The number of ether oxygens (including phenoxy) is 4. The molecule has 3 atom stereocenters. The molecule has 126 valence electrons. The van der Waals surface area contributed by atoms with Gasteiger partial charge in [-0.05, 0) is 12.1 Å². The van der Waals surface area contributed by atoms with Crippen molar-refractivity contribution in [3.8, 4) is 23.0 Å². The lowest BCUT2D eigenvalue weighted by Crippen LogP contribution is -2.45. The third-order valence-electron chi connectivity index (χ3n) is 4.98. The van der Waals surface area contributed by atoms with E-state index in [0.29, 0.717) is 17.2 Å². The monoisotopic (exact) mass is 328 g/mol. The first kappa shape index (κ1) is 15.1. The van der Waals surface area contributed by atoms with Crippen LogP contribution < -0.4 is 18.9 Å². The molecule has 0 aromatic heterocycles. The molecule has 2 aromatic rings. The van der Waals surface area contributed by atoms with Gasteiger partial charge in [-0.25, -0.2) is 0 Å². The number of methoxy groups -OCH3 is 1. The molecule has 24 heavy (non-hydrogen) atoms. The van der Waals surface area contributed by atoms with Gasteiger partial charge in [0, 0.05) is 36.0 Å². The van der Waals surface area contributed by atoms with Crippen LogP contribution in [0.4, 0.5) is 0 Å². The zero-order chi connectivity index (χ0) is 16.9. The number of fused-ring (bicyclic) bond motifs is 2. The van der Waals surface area contributed by atoms with Crippen molar-refractivity contribution in [2.24, 2.45) is 5.92 Å². The summed E-state index contributed by atoms with van der Waals surface area (Å²) in [7, 11) is 1.65. The molecule has 0 spiro atoms. The Balaban J connectivity index is 1.93. The van der Waals surface area contributed by atoms with Crippen LogP contribution in [-0.2, 0) is 0 Å². The molecule has 2 aliphatic rings. The SMILES string of the molecule is COc1ccccc1[C@@H]1c2cc3c(cc2O[C@@](C)(O)[C@@H]1C)OCO3. The van der Waals surface area contributed by atoms with E-state index in [1.807, 2.05) is 37.3 Å². The van der Waals surface area contributed by atoms with Gasteiger partial charge in [-0.2, -0.15) is 0 Å². The summed E-state index contributed by atoms with van der Waals surface area (Å²) in [5, 5.41) is 10.8. The number of aliphatic hydroxyl groups is 1. The van der Waals surface area contributed by atoms with Gasteiger partial charge in [0.1, 0.15) is 11.5 Å². The fourth-order valence-corrected chi connectivity index (χ4v) is 3.52. The highest BCUT2D eigenvalue weighted by atomic mass is 16.7. The van der Waals surface area contributed by atoms with Gasteiger partial charge in [-0.3, -0.25) is 0 Å². The Bertz CT molecular complexity index is 783. The van der Waals surface area contributed by atoms with Crippen LogP contribution in [0.15, 0.2) is 36.4 Å². The van der Waals surface area contributed by atoms with Crippen molar-refractivity contribution in [1.82, 2.24) is 0 Å². The van der Waals surface area contributed by atoms with Crippen molar-refractivity contribution in [1.29, 1.82) is 0 Å². The van der Waals surface area contributed by atoms with E-state index < -0.39 is 5.79 Å². The summed E-state index contributed by atoms with van der Waals surface area (Å²) >= 11 is 0. The highest BCUT2D eigenvalue weighted by Gasteiger charge is 2.45. The van der Waals surface area contributed by atoms with Crippen molar-refractivity contribution in [3.63, 3.8) is 0 Å². The lowest BCUT2D eigenvalue weighted by Gasteiger charge is -2.42. The lowest BCUT2D eigenvalue weighted by atomic mass is 9.75. The number of hydrogen-bond donors (Lipinski definition) is 1. The molecule has 0 fully saturated rings. The van der Waals surface area contributed by atoms with Gasteiger partial charge in [-0.15, -0.1) is 0 Å². The standard InChI is InChI=1S/C19H20O5/c1-11-18(12-6-4-5-7-14(12)21-3)13-8-16-17(23-10-22-16)9-15(13)24-19(11,2)20/h4-9,11,18,20H,10H2,1-3H3/t11-,18-,19-/m1/s1.